The Morgan fingerprint density at radius 2 is 2.25 bits per heavy atom. The van der Waals surface area contributed by atoms with Crippen LogP contribution in [-0.2, 0) is 10.0 Å². The molecular formula is C13H15N3O2S2. The molecule has 0 saturated carbocycles. The van der Waals surface area contributed by atoms with Gasteiger partial charge in [-0.3, -0.25) is 0 Å². The van der Waals surface area contributed by atoms with Gasteiger partial charge in [-0.1, -0.05) is 6.07 Å². The molecule has 0 bridgehead atoms. The summed E-state index contributed by atoms with van der Waals surface area (Å²) in [5.74, 6) is 0.154. The molecule has 7 heteroatoms. The van der Waals surface area contributed by atoms with Gasteiger partial charge in [-0.15, -0.1) is 11.3 Å². The number of thiophene rings is 1. The van der Waals surface area contributed by atoms with Crippen LogP contribution in [0, 0.1) is 0 Å². The molecule has 0 N–H and O–H groups in total. The predicted octanol–water partition coefficient (Wildman–Crippen LogP) is 2.11. The minimum atomic E-state index is -3.35. The van der Waals surface area contributed by atoms with Gasteiger partial charge in [-0.05, 0) is 30.4 Å². The van der Waals surface area contributed by atoms with Gasteiger partial charge in [-0.25, -0.2) is 18.4 Å². The van der Waals surface area contributed by atoms with E-state index in [9.17, 15) is 8.42 Å². The predicted molar refractivity (Wildman–Crippen MR) is 77.1 cm³/mol. The molecule has 1 saturated heterocycles. The monoisotopic (exact) mass is 309 g/mol. The van der Waals surface area contributed by atoms with Gasteiger partial charge in [0.1, 0.15) is 10.5 Å². The summed E-state index contributed by atoms with van der Waals surface area (Å²) < 4.78 is 27.1. The average molecular weight is 309 g/mol. The Morgan fingerprint density at radius 3 is 2.95 bits per heavy atom. The van der Waals surface area contributed by atoms with Crippen molar-refractivity contribution in [2.75, 3.05) is 13.1 Å². The summed E-state index contributed by atoms with van der Waals surface area (Å²) in [7, 11) is -3.35. The number of aromatic nitrogens is 2. The van der Waals surface area contributed by atoms with E-state index in [0.29, 0.717) is 17.3 Å². The quantitative estimate of drug-likeness (QED) is 0.871. The van der Waals surface area contributed by atoms with Crippen molar-refractivity contribution in [3.05, 3.63) is 41.8 Å². The highest BCUT2D eigenvalue weighted by atomic mass is 32.2. The van der Waals surface area contributed by atoms with E-state index in [1.54, 1.807) is 28.0 Å². The normalized spacial score (nSPS) is 20.9. The number of piperidine rings is 1. The lowest BCUT2D eigenvalue weighted by Gasteiger charge is -2.31. The highest BCUT2D eigenvalue weighted by molar-refractivity contribution is 7.91. The van der Waals surface area contributed by atoms with Crippen LogP contribution in [0.15, 0.2) is 40.3 Å². The van der Waals surface area contributed by atoms with E-state index in [1.165, 1.54) is 17.7 Å². The van der Waals surface area contributed by atoms with Gasteiger partial charge in [0, 0.05) is 30.9 Å². The van der Waals surface area contributed by atoms with Gasteiger partial charge < -0.3 is 0 Å². The van der Waals surface area contributed by atoms with E-state index in [1.807, 2.05) is 6.07 Å². The van der Waals surface area contributed by atoms with Crippen LogP contribution in [0.4, 0.5) is 0 Å². The topological polar surface area (TPSA) is 63.2 Å². The van der Waals surface area contributed by atoms with E-state index in [4.69, 9.17) is 0 Å². The van der Waals surface area contributed by atoms with E-state index >= 15 is 0 Å². The summed E-state index contributed by atoms with van der Waals surface area (Å²) in [6.07, 6.45) is 5.05. The maximum absolute atomic E-state index is 12.5. The lowest BCUT2D eigenvalue weighted by atomic mass is 9.96. The van der Waals surface area contributed by atoms with Crippen LogP contribution in [0.1, 0.15) is 24.5 Å². The number of hydrogen-bond acceptors (Lipinski definition) is 5. The first-order chi connectivity index (χ1) is 9.68. The molecule has 1 aliphatic rings. The molecule has 3 rings (SSSR count). The maximum atomic E-state index is 12.5. The van der Waals surface area contributed by atoms with E-state index < -0.39 is 10.0 Å². The lowest BCUT2D eigenvalue weighted by molar-refractivity contribution is 0.313. The summed E-state index contributed by atoms with van der Waals surface area (Å²) in [4.78, 5) is 8.16. The van der Waals surface area contributed by atoms with Gasteiger partial charge in [0.2, 0.25) is 0 Å². The highest BCUT2D eigenvalue weighted by Crippen LogP contribution is 2.30. The first-order valence-electron chi connectivity index (χ1n) is 6.47. The molecule has 2 aromatic heterocycles. The molecule has 106 valence electrons. The molecule has 3 heterocycles. The molecule has 0 aromatic carbocycles. The van der Waals surface area contributed by atoms with Crippen molar-refractivity contribution in [2.45, 2.75) is 23.0 Å². The van der Waals surface area contributed by atoms with Gasteiger partial charge in [0.05, 0.1) is 0 Å². The van der Waals surface area contributed by atoms with Crippen molar-refractivity contribution in [2.24, 2.45) is 0 Å². The van der Waals surface area contributed by atoms with Crippen LogP contribution in [0.5, 0.6) is 0 Å². The molecule has 5 nitrogen and oxygen atoms in total. The average Bonchev–Trinajstić information content (AvgIpc) is 3.03. The third-order valence-electron chi connectivity index (χ3n) is 3.50. The smallest absolute Gasteiger partial charge is 0.245 e. The molecule has 1 unspecified atom stereocenters. The summed E-state index contributed by atoms with van der Waals surface area (Å²) in [6, 6.07) is 5.30. The Hall–Kier alpha value is -1.31. The molecule has 0 spiro atoms. The van der Waals surface area contributed by atoms with E-state index in [0.717, 1.165) is 18.5 Å². The van der Waals surface area contributed by atoms with E-state index in [-0.39, 0.29) is 5.92 Å². The summed E-state index contributed by atoms with van der Waals surface area (Å²) in [5.41, 5.74) is 0.922. The van der Waals surface area contributed by atoms with Gasteiger partial charge >= 0.3 is 0 Å². The van der Waals surface area contributed by atoms with Crippen molar-refractivity contribution in [1.29, 1.82) is 0 Å². The first kappa shape index (κ1) is 13.7. The number of hydrogen-bond donors (Lipinski definition) is 0. The number of sulfonamides is 1. The van der Waals surface area contributed by atoms with E-state index in [2.05, 4.69) is 9.97 Å². The maximum Gasteiger partial charge on any atom is 0.252 e. The van der Waals surface area contributed by atoms with Crippen LogP contribution < -0.4 is 0 Å². The second-order valence-electron chi connectivity index (χ2n) is 4.77. The van der Waals surface area contributed by atoms with Crippen molar-refractivity contribution >= 4 is 21.4 Å². The fraction of sp³-hybridized carbons (Fsp3) is 0.385. The zero-order valence-corrected chi connectivity index (χ0v) is 12.5. The summed E-state index contributed by atoms with van der Waals surface area (Å²) >= 11 is 1.27. The van der Waals surface area contributed by atoms with Crippen molar-refractivity contribution in [3.8, 4) is 0 Å². The van der Waals surface area contributed by atoms with Crippen molar-refractivity contribution < 1.29 is 8.42 Å². The Bertz CT molecular complexity index is 656. The number of rotatable bonds is 3. The SMILES string of the molecule is O=S(=O)(c1cccs1)N1CCCC(c2ccncn2)C1. The van der Waals surface area contributed by atoms with Crippen LogP contribution in [-0.4, -0.2) is 35.8 Å². The Morgan fingerprint density at radius 1 is 1.35 bits per heavy atom. The van der Waals surface area contributed by atoms with Crippen LogP contribution in [0.2, 0.25) is 0 Å². The van der Waals surface area contributed by atoms with Gasteiger partial charge in [-0.2, -0.15) is 4.31 Å². The molecule has 1 atom stereocenters. The molecule has 1 aliphatic heterocycles. The molecule has 20 heavy (non-hydrogen) atoms. The second kappa shape index (κ2) is 5.59. The van der Waals surface area contributed by atoms with Crippen LogP contribution in [0.25, 0.3) is 0 Å². The standard InChI is InChI=1S/C13H15N3O2S2/c17-20(18,13-4-2-8-19-13)16-7-1-3-11(9-16)12-5-6-14-10-15-12/h2,4-6,8,10-11H,1,3,7,9H2. The van der Waals surface area contributed by atoms with Crippen molar-refractivity contribution in [3.63, 3.8) is 0 Å². The fourth-order valence-electron chi connectivity index (χ4n) is 2.48. The van der Waals surface area contributed by atoms with Crippen molar-refractivity contribution in [1.82, 2.24) is 14.3 Å². The number of nitrogens with zero attached hydrogens (tertiary/aromatic N) is 3. The Kier molecular flexibility index (Phi) is 3.82. The summed E-state index contributed by atoms with van der Waals surface area (Å²) in [5, 5.41) is 1.79. The third kappa shape index (κ3) is 2.61. The fourth-order valence-corrected chi connectivity index (χ4v) is 5.15. The summed E-state index contributed by atoms with van der Waals surface area (Å²) in [6.45, 7) is 1.08. The van der Waals surface area contributed by atoms with Gasteiger partial charge in [0.15, 0.2) is 0 Å². The molecule has 0 amide bonds. The zero-order chi connectivity index (χ0) is 14.0. The largest absolute Gasteiger partial charge is 0.252 e. The lowest BCUT2D eigenvalue weighted by Crippen LogP contribution is -2.38. The molecule has 0 aliphatic carbocycles. The Labute approximate surface area is 122 Å². The molecule has 0 radical (unpaired) electrons. The molecule has 2 aromatic rings. The van der Waals surface area contributed by atoms with Crippen LogP contribution in [0.3, 0.4) is 0 Å². The highest BCUT2D eigenvalue weighted by Gasteiger charge is 2.31. The van der Waals surface area contributed by atoms with Gasteiger partial charge in [0.25, 0.3) is 10.0 Å². The minimum absolute atomic E-state index is 0.154. The van der Waals surface area contributed by atoms with Crippen LogP contribution >= 0.6 is 11.3 Å². The Balaban J connectivity index is 1.83. The first-order valence-corrected chi connectivity index (χ1v) is 8.79. The zero-order valence-electron chi connectivity index (χ0n) is 10.8. The second-order valence-corrected chi connectivity index (χ2v) is 7.88. The molecular weight excluding hydrogens is 294 g/mol. The molecule has 1 fully saturated rings. The third-order valence-corrected chi connectivity index (χ3v) is 6.73. The minimum Gasteiger partial charge on any atom is -0.245 e.